The maximum Gasteiger partial charge on any atom is 0.495 e. The molecule has 186 valence electrons. The lowest BCUT2D eigenvalue weighted by Gasteiger charge is -2.32. The molecule has 2 aliphatic rings. The summed E-state index contributed by atoms with van der Waals surface area (Å²) in [5.74, 6) is 0.0284. The summed E-state index contributed by atoms with van der Waals surface area (Å²) < 4.78 is 18.2. The molecule has 1 amide bonds. The van der Waals surface area contributed by atoms with Crippen molar-refractivity contribution in [3.63, 3.8) is 0 Å². The van der Waals surface area contributed by atoms with Crippen LogP contribution in [0.5, 0.6) is 0 Å². The van der Waals surface area contributed by atoms with Crippen LogP contribution in [0.25, 0.3) is 11.1 Å². The average molecular weight is 501 g/mol. The van der Waals surface area contributed by atoms with Gasteiger partial charge in [0.15, 0.2) is 0 Å². The Bertz CT molecular complexity index is 1260. The summed E-state index contributed by atoms with van der Waals surface area (Å²) in [7, 11) is -0.490. The van der Waals surface area contributed by atoms with Crippen LogP contribution in [0.15, 0.2) is 65.6 Å². The maximum absolute atomic E-state index is 12.7. The fraction of sp³-hybridized carbons (Fsp3) is 0.345. The molecule has 36 heavy (non-hydrogen) atoms. The molecule has 3 aromatic rings. The SMILES string of the molecule is Cc1c(CNC(=O)OCC2c3ccccc3-c3ccccc32)cc(S)cc1B1OC(C)(C)C(C)(C)O1. The Hall–Kier alpha value is -2.74. The third kappa shape index (κ3) is 4.45. The van der Waals surface area contributed by atoms with Gasteiger partial charge in [0.25, 0.3) is 0 Å². The van der Waals surface area contributed by atoms with Crippen molar-refractivity contribution in [2.45, 2.75) is 63.2 Å². The largest absolute Gasteiger partial charge is 0.495 e. The lowest BCUT2D eigenvalue weighted by molar-refractivity contribution is 0.00578. The number of benzene rings is 3. The molecule has 0 spiro atoms. The van der Waals surface area contributed by atoms with Gasteiger partial charge in [-0.3, -0.25) is 0 Å². The number of alkyl carbamates (subject to hydrolysis) is 1. The first kappa shape index (κ1) is 24.9. The van der Waals surface area contributed by atoms with Crippen LogP contribution >= 0.6 is 12.6 Å². The molecule has 1 aliphatic heterocycles. The second kappa shape index (κ2) is 9.29. The normalized spacial score (nSPS) is 17.6. The smallest absolute Gasteiger partial charge is 0.449 e. The summed E-state index contributed by atoms with van der Waals surface area (Å²) in [5.41, 5.74) is 6.80. The highest BCUT2D eigenvalue weighted by Gasteiger charge is 2.52. The third-order valence-corrected chi connectivity index (χ3v) is 8.07. The maximum atomic E-state index is 12.7. The summed E-state index contributed by atoms with van der Waals surface area (Å²) in [6.07, 6.45) is -0.446. The Morgan fingerprint density at radius 3 is 2.11 bits per heavy atom. The van der Waals surface area contributed by atoms with Crippen molar-refractivity contribution in [2.75, 3.05) is 6.61 Å². The zero-order chi connectivity index (χ0) is 25.7. The predicted molar refractivity (Wildman–Crippen MR) is 146 cm³/mol. The molecular weight excluding hydrogens is 469 g/mol. The van der Waals surface area contributed by atoms with Crippen LogP contribution in [0.4, 0.5) is 4.79 Å². The molecule has 1 heterocycles. The molecule has 1 aliphatic carbocycles. The Labute approximate surface area is 219 Å². The lowest BCUT2D eigenvalue weighted by atomic mass is 9.75. The van der Waals surface area contributed by atoms with Crippen molar-refractivity contribution in [2.24, 2.45) is 0 Å². The van der Waals surface area contributed by atoms with Crippen molar-refractivity contribution in [1.29, 1.82) is 0 Å². The number of thiol groups is 1. The Morgan fingerprint density at radius 2 is 1.53 bits per heavy atom. The number of rotatable bonds is 5. The molecule has 0 radical (unpaired) electrons. The van der Waals surface area contributed by atoms with Gasteiger partial charge in [0.2, 0.25) is 0 Å². The van der Waals surface area contributed by atoms with Gasteiger partial charge in [0.1, 0.15) is 6.61 Å². The van der Waals surface area contributed by atoms with Crippen LogP contribution < -0.4 is 10.8 Å². The molecule has 7 heteroatoms. The van der Waals surface area contributed by atoms with Gasteiger partial charge < -0.3 is 19.4 Å². The van der Waals surface area contributed by atoms with Crippen molar-refractivity contribution in [1.82, 2.24) is 5.32 Å². The van der Waals surface area contributed by atoms with E-state index in [0.29, 0.717) is 6.54 Å². The molecule has 3 aromatic carbocycles. The fourth-order valence-electron chi connectivity index (χ4n) is 5.00. The van der Waals surface area contributed by atoms with Crippen LogP contribution in [0.1, 0.15) is 55.9 Å². The quantitative estimate of drug-likeness (QED) is 0.352. The minimum Gasteiger partial charge on any atom is -0.449 e. The fourth-order valence-corrected chi connectivity index (χ4v) is 5.29. The monoisotopic (exact) mass is 501 g/mol. The van der Waals surface area contributed by atoms with E-state index < -0.39 is 24.4 Å². The number of hydrogen-bond acceptors (Lipinski definition) is 5. The zero-order valence-electron chi connectivity index (χ0n) is 21.4. The Kier molecular flexibility index (Phi) is 6.44. The summed E-state index contributed by atoms with van der Waals surface area (Å²) >= 11 is 4.59. The van der Waals surface area contributed by atoms with E-state index in [1.54, 1.807) is 0 Å². The van der Waals surface area contributed by atoms with E-state index in [1.807, 2.05) is 71.0 Å². The first-order valence-corrected chi connectivity index (χ1v) is 12.8. The van der Waals surface area contributed by atoms with Gasteiger partial charge in [-0.25, -0.2) is 4.79 Å². The third-order valence-electron chi connectivity index (χ3n) is 7.81. The highest BCUT2D eigenvalue weighted by molar-refractivity contribution is 7.80. The number of amides is 1. The van der Waals surface area contributed by atoms with Crippen molar-refractivity contribution in [3.8, 4) is 11.1 Å². The topological polar surface area (TPSA) is 56.8 Å². The number of carbonyl (C=O) groups is 1. The van der Waals surface area contributed by atoms with E-state index in [1.165, 1.54) is 22.3 Å². The number of fused-ring (bicyclic) bond motifs is 3. The molecule has 0 aromatic heterocycles. The van der Waals surface area contributed by atoms with Crippen LogP contribution in [-0.2, 0) is 20.6 Å². The number of hydrogen-bond donors (Lipinski definition) is 2. The zero-order valence-corrected chi connectivity index (χ0v) is 22.3. The van der Waals surface area contributed by atoms with Gasteiger partial charge in [-0.05, 0) is 85.6 Å². The Morgan fingerprint density at radius 1 is 0.972 bits per heavy atom. The number of nitrogens with one attached hydrogen (secondary N) is 1. The second-order valence-corrected chi connectivity index (χ2v) is 11.1. The van der Waals surface area contributed by atoms with Gasteiger partial charge in [0, 0.05) is 17.4 Å². The summed E-state index contributed by atoms with van der Waals surface area (Å²) in [6, 6.07) is 20.5. The second-order valence-electron chi connectivity index (χ2n) is 10.6. The van der Waals surface area contributed by atoms with Gasteiger partial charge in [0.05, 0.1) is 11.2 Å². The summed E-state index contributed by atoms with van der Waals surface area (Å²) in [5, 5.41) is 2.91. The first-order valence-electron chi connectivity index (χ1n) is 12.3. The van der Waals surface area contributed by atoms with Gasteiger partial charge in [-0.2, -0.15) is 0 Å². The summed E-state index contributed by atoms with van der Waals surface area (Å²) in [4.78, 5) is 13.5. The molecule has 5 nitrogen and oxygen atoms in total. The minimum absolute atomic E-state index is 0.0284. The standard InChI is InChI=1S/C29H32BNO4S/c1-18-19(14-20(36)15-26(18)30-34-28(2,3)29(4,5)35-30)16-31-27(32)33-17-25-23-12-8-6-10-21(23)22-11-7-9-13-24(22)25/h6-15,25,36H,16-17H2,1-5H3,(H,31,32). The Balaban J connectivity index is 1.26. The molecule has 1 saturated heterocycles. The average Bonchev–Trinajstić information content (AvgIpc) is 3.27. The van der Waals surface area contributed by atoms with E-state index in [0.717, 1.165) is 21.5 Å². The molecule has 0 bridgehead atoms. The number of ether oxygens (including phenoxy) is 1. The molecule has 0 atom stereocenters. The van der Waals surface area contributed by atoms with Crippen LogP contribution in [0, 0.1) is 6.92 Å². The van der Waals surface area contributed by atoms with Gasteiger partial charge in [-0.1, -0.05) is 48.5 Å². The molecule has 0 unspecified atom stereocenters. The van der Waals surface area contributed by atoms with E-state index >= 15 is 0 Å². The van der Waals surface area contributed by atoms with Crippen molar-refractivity contribution >= 4 is 31.3 Å². The van der Waals surface area contributed by atoms with Crippen LogP contribution in [0.2, 0.25) is 0 Å². The van der Waals surface area contributed by atoms with Crippen molar-refractivity contribution in [3.05, 3.63) is 82.9 Å². The molecule has 1 fully saturated rings. The van der Waals surface area contributed by atoms with Gasteiger partial charge >= 0.3 is 13.2 Å². The number of carbonyl (C=O) groups excluding carboxylic acids is 1. The first-order chi connectivity index (χ1) is 17.1. The summed E-state index contributed by atoms with van der Waals surface area (Å²) in [6.45, 7) is 10.8. The molecule has 1 N–H and O–H groups in total. The van der Waals surface area contributed by atoms with E-state index in [9.17, 15) is 4.79 Å². The molecule has 5 rings (SSSR count). The van der Waals surface area contributed by atoms with E-state index in [-0.39, 0.29) is 12.5 Å². The van der Waals surface area contributed by atoms with Crippen LogP contribution in [0.3, 0.4) is 0 Å². The van der Waals surface area contributed by atoms with E-state index in [4.69, 9.17) is 14.0 Å². The molecule has 0 saturated carbocycles. The minimum atomic E-state index is -0.490. The van der Waals surface area contributed by atoms with E-state index in [2.05, 4.69) is 42.2 Å². The van der Waals surface area contributed by atoms with Crippen LogP contribution in [-0.4, -0.2) is 31.0 Å². The van der Waals surface area contributed by atoms with Crippen molar-refractivity contribution < 1.29 is 18.8 Å². The molecular formula is C29H32BNO4S. The highest BCUT2D eigenvalue weighted by Crippen LogP contribution is 2.44. The lowest BCUT2D eigenvalue weighted by Crippen LogP contribution is -2.41. The predicted octanol–water partition coefficient (Wildman–Crippen LogP) is 5.62. The highest BCUT2D eigenvalue weighted by atomic mass is 32.1. The van der Waals surface area contributed by atoms with Gasteiger partial charge in [-0.15, -0.1) is 12.6 Å².